The Labute approximate surface area is 112 Å². The highest BCUT2D eigenvalue weighted by Crippen LogP contribution is 2.27. The average molecular weight is 258 g/mol. The van der Waals surface area contributed by atoms with Crippen LogP contribution >= 0.6 is 0 Å². The van der Waals surface area contributed by atoms with E-state index >= 15 is 0 Å². The molecule has 1 atom stereocenters. The van der Waals surface area contributed by atoms with Gasteiger partial charge in [-0.15, -0.1) is 0 Å². The van der Waals surface area contributed by atoms with E-state index in [0.717, 1.165) is 36.5 Å². The number of rotatable bonds is 2. The van der Waals surface area contributed by atoms with Crippen molar-refractivity contribution in [2.24, 2.45) is 0 Å². The molecule has 19 heavy (non-hydrogen) atoms. The molecule has 1 aliphatic rings. The summed E-state index contributed by atoms with van der Waals surface area (Å²) >= 11 is 0. The summed E-state index contributed by atoms with van der Waals surface area (Å²) in [4.78, 5) is 11.5. The SMILES string of the molecule is COc1nc2ccccc2nc1N1CCNC(C)C1. The first-order valence-electron chi connectivity index (χ1n) is 6.57. The number of methoxy groups -OCH3 is 1. The fourth-order valence-electron chi connectivity index (χ4n) is 2.44. The van der Waals surface area contributed by atoms with Gasteiger partial charge in [-0.2, -0.15) is 0 Å². The Balaban J connectivity index is 2.05. The maximum absolute atomic E-state index is 5.41. The monoisotopic (exact) mass is 258 g/mol. The zero-order valence-corrected chi connectivity index (χ0v) is 11.3. The Kier molecular flexibility index (Phi) is 3.21. The number of piperazine rings is 1. The van der Waals surface area contributed by atoms with Gasteiger partial charge in [0.15, 0.2) is 5.82 Å². The lowest BCUT2D eigenvalue weighted by molar-refractivity contribution is 0.393. The van der Waals surface area contributed by atoms with Crippen molar-refractivity contribution in [1.29, 1.82) is 0 Å². The Hall–Kier alpha value is -1.88. The molecule has 1 fully saturated rings. The van der Waals surface area contributed by atoms with Crippen LogP contribution in [-0.2, 0) is 0 Å². The minimum Gasteiger partial charge on any atom is -0.478 e. The van der Waals surface area contributed by atoms with Crippen LogP contribution in [0.4, 0.5) is 5.82 Å². The maximum Gasteiger partial charge on any atom is 0.257 e. The second-order valence-electron chi connectivity index (χ2n) is 4.85. The van der Waals surface area contributed by atoms with Crippen molar-refractivity contribution in [3.63, 3.8) is 0 Å². The minimum absolute atomic E-state index is 0.451. The van der Waals surface area contributed by atoms with E-state index in [0.29, 0.717) is 11.9 Å². The van der Waals surface area contributed by atoms with Gasteiger partial charge in [0.25, 0.3) is 5.88 Å². The normalized spacial score (nSPS) is 19.7. The summed E-state index contributed by atoms with van der Waals surface area (Å²) in [5.74, 6) is 1.45. The van der Waals surface area contributed by atoms with Crippen molar-refractivity contribution in [2.75, 3.05) is 31.6 Å². The van der Waals surface area contributed by atoms with Crippen LogP contribution in [0.1, 0.15) is 6.92 Å². The van der Waals surface area contributed by atoms with Crippen LogP contribution in [0.2, 0.25) is 0 Å². The van der Waals surface area contributed by atoms with E-state index in [1.54, 1.807) is 7.11 Å². The van der Waals surface area contributed by atoms with Crippen LogP contribution in [0.5, 0.6) is 5.88 Å². The highest BCUT2D eigenvalue weighted by atomic mass is 16.5. The molecule has 1 aromatic carbocycles. The van der Waals surface area contributed by atoms with Crippen LogP contribution in [0.15, 0.2) is 24.3 Å². The van der Waals surface area contributed by atoms with Crippen molar-refractivity contribution in [2.45, 2.75) is 13.0 Å². The van der Waals surface area contributed by atoms with E-state index in [-0.39, 0.29) is 0 Å². The predicted octanol–water partition coefficient (Wildman–Crippen LogP) is 1.44. The average Bonchev–Trinajstić information content (AvgIpc) is 2.46. The molecule has 1 aliphatic heterocycles. The first kappa shape index (κ1) is 12.2. The van der Waals surface area contributed by atoms with Crippen LogP contribution in [0.3, 0.4) is 0 Å². The summed E-state index contributed by atoms with van der Waals surface area (Å²) in [6, 6.07) is 8.33. The van der Waals surface area contributed by atoms with Gasteiger partial charge in [-0.3, -0.25) is 0 Å². The third-order valence-electron chi connectivity index (χ3n) is 3.38. The summed E-state index contributed by atoms with van der Waals surface area (Å²) in [5, 5.41) is 3.43. The summed E-state index contributed by atoms with van der Waals surface area (Å²) in [5.41, 5.74) is 1.77. The van der Waals surface area contributed by atoms with Crippen LogP contribution in [0.25, 0.3) is 11.0 Å². The molecule has 2 aromatic rings. The first-order valence-corrected chi connectivity index (χ1v) is 6.57. The fourth-order valence-corrected chi connectivity index (χ4v) is 2.44. The van der Waals surface area contributed by atoms with Crippen molar-refractivity contribution in [3.8, 4) is 5.88 Å². The Morgan fingerprint density at radius 3 is 2.68 bits per heavy atom. The van der Waals surface area contributed by atoms with Gasteiger partial charge < -0.3 is 15.0 Å². The largest absolute Gasteiger partial charge is 0.478 e. The number of benzene rings is 1. The molecular weight excluding hydrogens is 240 g/mol. The quantitative estimate of drug-likeness (QED) is 0.883. The minimum atomic E-state index is 0.451. The molecule has 0 radical (unpaired) electrons. The standard InChI is InChI=1S/C14H18N4O/c1-10-9-18(8-7-15-10)13-14(19-2)17-12-6-4-3-5-11(12)16-13/h3-6,10,15H,7-9H2,1-2H3. The number of hydrogen-bond acceptors (Lipinski definition) is 5. The van der Waals surface area contributed by atoms with E-state index in [2.05, 4.69) is 22.1 Å². The molecule has 0 bridgehead atoms. The zero-order valence-electron chi connectivity index (χ0n) is 11.3. The molecule has 0 amide bonds. The summed E-state index contributed by atoms with van der Waals surface area (Å²) in [6.45, 7) is 4.98. The maximum atomic E-state index is 5.41. The highest BCUT2D eigenvalue weighted by Gasteiger charge is 2.21. The smallest absolute Gasteiger partial charge is 0.257 e. The fraction of sp³-hybridized carbons (Fsp3) is 0.429. The van der Waals surface area contributed by atoms with Gasteiger partial charge in [-0.05, 0) is 19.1 Å². The van der Waals surface area contributed by atoms with Gasteiger partial charge in [0, 0.05) is 25.7 Å². The van der Waals surface area contributed by atoms with Crippen molar-refractivity contribution >= 4 is 16.9 Å². The lowest BCUT2D eigenvalue weighted by Crippen LogP contribution is -2.49. The molecule has 100 valence electrons. The topological polar surface area (TPSA) is 50.3 Å². The third-order valence-corrected chi connectivity index (χ3v) is 3.38. The molecule has 2 heterocycles. The molecule has 0 spiro atoms. The molecule has 1 unspecified atom stereocenters. The second-order valence-corrected chi connectivity index (χ2v) is 4.85. The predicted molar refractivity (Wildman–Crippen MR) is 75.8 cm³/mol. The molecule has 1 N–H and O–H groups in total. The van der Waals surface area contributed by atoms with Gasteiger partial charge in [0.1, 0.15) is 0 Å². The summed E-state index contributed by atoms with van der Waals surface area (Å²) in [6.07, 6.45) is 0. The third kappa shape index (κ3) is 2.33. The van der Waals surface area contributed by atoms with E-state index in [9.17, 15) is 0 Å². The van der Waals surface area contributed by atoms with Gasteiger partial charge in [0.2, 0.25) is 0 Å². The van der Waals surface area contributed by atoms with Crippen LogP contribution < -0.4 is 15.0 Å². The Morgan fingerprint density at radius 1 is 1.26 bits per heavy atom. The summed E-state index contributed by atoms with van der Waals surface area (Å²) < 4.78 is 5.41. The Bertz CT molecular complexity index is 587. The molecule has 5 heteroatoms. The van der Waals surface area contributed by atoms with Crippen molar-refractivity contribution < 1.29 is 4.74 Å². The van der Waals surface area contributed by atoms with Crippen molar-refractivity contribution in [1.82, 2.24) is 15.3 Å². The number of ether oxygens (including phenoxy) is 1. The van der Waals surface area contributed by atoms with E-state index in [1.807, 2.05) is 24.3 Å². The first-order chi connectivity index (χ1) is 9.28. The lowest BCUT2D eigenvalue weighted by atomic mass is 10.2. The molecule has 5 nitrogen and oxygen atoms in total. The van der Waals surface area contributed by atoms with Crippen molar-refractivity contribution in [3.05, 3.63) is 24.3 Å². The van der Waals surface area contributed by atoms with E-state index in [4.69, 9.17) is 9.72 Å². The molecule has 0 aliphatic carbocycles. The number of anilines is 1. The molecule has 1 saturated heterocycles. The van der Waals surface area contributed by atoms with Gasteiger partial charge in [-0.25, -0.2) is 9.97 Å². The number of para-hydroxylation sites is 2. The van der Waals surface area contributed by atoms with Gasteiger partial charge in [0.05, 0.1) is 18.1 Å². The van der Waals surface area contributed by atoms with E-state index < -0.39 is 0 Å². The van der Waals surface area contributed by atoms with E-state index in [1.165, 1.54) is 0 Å². The van der Waals surface area contributed by atoms with Crippen LogP contribution in [-0.4, -0.2) is 42.8 Å². The molecular formula is C14H18N4O. The second kappa shape index (κ2) is 5.01. The number of hydrogen-bond donors (Lipinski definition) is 1. The number of nitrogens with zero attached hydrogens (tertiary/aromatic N) is 3. The lowest BCUT2D eigenvalue weighted by Gasteiger charge is -2.33. The zero-order chi connectivity index (χ0) is 13.2. The number of fused-ring (bicyclic) bond motifs is 1. The molecule has 0 saturated carbocycles. The van der Waals surface area contributed by atoms with Gasteiger partial charge in [-0.1, -0.05) is 12.1 Å². The summed E-state index contributed by atoms with van der Waals surface area (Å²) in [7, 11) is 1.65. The molecule has 3 rings (SSSR count). The highest BCUT2D eigenvalue weighted by molar-refractivity contribution is 5.77. The molecule has 1 aromatic heterocycles. The van der Waals surface area contributed by atoms with Gasteiger partial charge >= 0.3 is 0 Å². The van der Waals surface area contributed by atoms with Crippen LogP contribution in [0, 0.1) is 0 Å². The number of aromatic nitrogens is 2. The Morgan fingerprint density at radius 2 is 2.00 bits per heavy atom. The number of nitrogens with one attached hydrogen (secondary N) is 1.